The Hall–Kier alpha value is -2.58. The van der Waals surface area contributed by atoms with Gasteiger partial charge in [0.2, 0.25) is 15.9 Å². The van der Waals surface area contributed by atoms with Crippen molar-refractivity contribution in [2.75, 3.05) is 27.3 Å². The van der Waals surface area contributed by atoms with Crippen molar-refractivity contribution >= 4 is 15.9 Å². The molecule has 1 amide bonds. The number of aryl methyl sites for hydroxylation is 1. The van der Waals surface area contributed by atoms with Crippen LogP contribution in [0.15, 0.2) is 47.4 Å². The maximum absolute atomic E-state index is 12.8. The van der Waals surface area contributed by atoms with Gasteiger partial charge in [-0.05, 0) is 36.8 Å². The Labute approximate surface area is 166 Å². The Morgan fingerprint density at radius 3 is 2.25 bits per heavy atom. The fourth-order valence-electron chi connectivity index (χ4n) is 2.63. The molecular weight excluding hydrogens is 380 g/mol. The number of methoxy groups -OCH3 is 2. The lowest BCUT2D eigenvalue weighted by Crippen LogP contribution is -2.40. The topological polar surface area (TPSA) is 84.9 Å². The Balaban J connectivity index is 2.03. The van der Waals surface area contributed by atoms with Gasteiger partial charge in [-0.1, -0.05) is 30.7 Å². The van der Waals surface area contributed by atoms with Gasteiger partial charge in [-0.3, -0.25) is 4.79 Å². The predicted molar refractivity (Wildman–Crippen MR) is 107 cm³/mol. The quantitative estimate of drug-likeness (QED) is 0.691. The highest BCUT2D eigenvalue weighted by atomic mass is 32.2. The monoisotopic (exact) mass is 406 g/mol. The van der Waals surface area contributed by atoms with Crippen molar-refractivity contribution < 1.29 is 22.7 Å². The second-order valence-corrected chi connectivity index (χ2v) is 8.15. The van der Waals surface area contributed by atoms with Gasteiger partial charge in [0.15, 0.2) is 11.5 Å². The molecule has 2 rings (SSSR count). The largest absolute Gasteiger partial charge is 0.493 e. The second-order valence-electron chi connectivity index (χ2n) is 6.21. The molecule has 0 atom stereocenters. The van der Waals surface area contributed by atoms with Crippen molar-refractivity contribution in [3.05, 3.63) is 53.6 Å². The van der Waals surface area contributed by atoms with E-state index in [1.54, 1.807) is 50.4 Å². The van der Waals surface area contributed by atoms with Gasteiger partial charge in [0.25, 0.3) is 0 Å². The van der Waals surface area contributed by atoms with Gasteiger partial charge in [-0.15, -0.1) is 0 Å². The number of rotatable bonds is 9. The van der Waals surface area contributed by atoms with E-state index >= 15 is 0 Å². The molecule has 0 aliphatic carbocycles. The minimum atomic E-state index is -3.73. The first kappa shape index (κ1) is 21.7. The first-order valence-electron chi connectivity index (χ1n) is 8.86. The lowest BCUT2D eigenvalue weighted by atomic mass is 10.2. The van der Waals surface area contributed by atoms with Crippen molar-refractivity contribution in [2.24, 2.45) is 0 Å². The van der Waals surface area contributed by atoms with Crippen molar-refractivity contribution in [1.29, 1.82) is 0 Å². The van der Waals surface area contributed by atoms with Gasteiger partial charge in [0, 0.05) is 13.1 Å². The molecule has 0 aromatic heterocycles. The predicted octanol–water partition coefficient (Wildman–Crippen LogP) is 2.34. The van der Waals surface area contributed by atoms with E-state index in [9.17, 15) is 13.2 Å². The maximum atomic E-state index is 12.8. The summed E-state index contributed by atoms with van der Waals surface area (Å²) in [6, 6.07) is 11.9. The number of likely N-dealkylation sites (N-methyl/N-ethyl adjacent to an activating group) is 1. The number of hydrogen-bond acceptors (Lipinski definition) is 5. The normalized spacial score (nSPS) is 11.3. The molecule has 0 unspecified atom stereocenters. The number of benzene rings is 2. The average Bonchev–Trinajstić information content (AvgIpc) is 2.70. The summed E-state index contributed by atoms with van der Waals surface area (Å²) in [5.41, 5.74) is 1.78. The maximum Gasteiger partial charge on any atom is 0.243 e. The Kier molecular flexibility index (Phi) is 7.42. The summed E-state index contributed by atoms with van der Waals surface area (Å²) in [6.07, 6.45) is 0. The third-order valence-electron chi connectivity index (χ3n) is 4.27. The first-order chi connectivity index (χ1) is 13.3. The summed E-state index contributed by atoms with van der Waals surface area (Å²) in [6.45, 7) is 3.78. The average molecular weight is 407 g/mol. The number of amides is 1. The Morgan fingerprint density at radius 2 is 1.68 bits per heavy atom. The van der Waals surface area contributed by atoms with Crippen LogP contribution in [0.2, 0.25) is 0 Å². The van der Waals surface area contributed by atoms with Crippen LogP contribution in [-0.4, -0.2) is 45.9 Å². The molecule has 0 fully saturated rings. The number of sulfonamides is 1. The molecule has 0 aliphatic heterocycles. The van der Waals surface area contributed by atoms with E-state index in [0.29, 0.717) is 11.5 Å². The molecule has 0 heterocycles. The van der Waals surface area contributed by atoms with E-state index in [1.807, 2.05) is 13.0 Å². The van der Waals surface area contributed by atoms with Crippen molar-refractivity contribution in [2.45, 2.75) is 25.3 Å². The van der Waals surface area contributed by atoms with Crippen LogP contribution in [0.5, 0.6) is 11.5 Å². The minimum absolute atomic E-state index is 0.174. The van der Waals surface area contributed by atoms with Crippen LogP contribution >= 0.6 is 0 Å². The van der Waals surface area contributed by atoms with Gasteiger partial charge < -0.3 is 14.8 Å². The lowest BCUT2D eigenvalue weighted by Gasteiger charge is -2.20. The zero-order valence-corrected chi connectivity index (χ0v) is 17.4. The van der Waals surface area contributed by atoms with Gasteiger partial charge in [-0.25, -0.2) is 8.42 Å². The summed E-state index contributed by atoms with van der Waals surface area (Å²) in [5.74, 6) is 0.776. The molecule has 0 aliphatic rings. The van der Waals surface area contributed by atoms with E-state index in [-0.39, 0.29) is 30.4 Å². The number of nitrogens with zero attached hydrogens (tertiary/aromatic N) is 1. The van der Waals surface area contributed by atoms with E-state index in [4.69, 9.17) is 9.47 Å². The van der Waals surface area contributed by atoms with Gasteiger partial charge in [0.05, 0.1) is 25.7 Å². The van der Waals surface area contributed by atoms with E-state index in [1.165, 1.54) is 7.11 Å². The molecule has 1 N–H and O–H groups in total. The van der Waals surface area contributed by atoms with Gasteiger partial charge >= 0.3 is 0 Å². The zero-order valence-electron chi connectivity index (χ0n) is 16.6. The molecule has 8 heteroatoms. The standard InChI is InChI=1S/C20H26N2O5S/c1-5-22(28(24,25)17-9-6-15(2)7-10-17)14-20(23)21-13-16-8-11-18(26-3)19(12-16)27-4/h6-12H,5,13-14H2,1-4H3,(H,21,23). The van der Waals surface area contributed by atoms with E-state index < -0.39 is 10.0 Å². The molecule has 0 spiro atoms. The first-order valence-corrected chi connectivity index (χ1v) is 10.3. The molecule has 152 valence electrons. The molecule has 2 aromatic carbocycles. The van der Waals surface area contributed by atoms with Crippen LogP contribution in [0.3, 0.4) is 0 Å². The van der Waals surface area contributed by atoms with Crippen molar-refractivity contribution in [3.8, 4) is 11.5 Å². The van der Waals surface area contributed by atoms with Crippen LogP contribution in [-0.2, 0) is 21.4 Å². The van der Waals surface area contributed by atoms with Crippen molar-refractivity contribution in [1.82, 2.24) is 9.62 Å². The van der Waals surface area contributed by atoms with E-state index in [0.717, 1.165) is 15.4 Å². The highest BCUT2D eigenvalue weighted by Crippen LogP contribution is 2.27. The molecule has 28 heavy (non-hydrogen) atoms. The summed E-state index contributed by atoms with van der Waals surface area (Å²) in [4.78, 5) is 12.5. The Bertz CT molecular complexity index is 911. The third-order valence-corrected chi connectivity index (χ3v) is 6.20. The Morgan fingerprint density at radius 1 is 1.04 bits per heavy atom. The number of hydrogen-bond donors (Lipinski definition) is 1. The summed E-state index contributed by atoms with van der Waals surface area (Å²) in [7, 11) is -0.644. The number of carbonyl (C=O) groups is 1. The molecule has 0 saturated carbocycles. The molecular formula is C20H26N2O5S. The molecule has 0 radical (unpaired) electrons. The second kappa shape index (κ2) is 9.57. The smallest absolute Gasteiger partial charge is 0.243 e. The SMILES string of the molecule is CCN(CC(=O)NCc1ccc(OC)c(OC)c1)S(=O)(=O)c1ccc(C)cc1. The van der Waals surface area contributed by atoms with Crippen LogP contribution in [0.1, 0.15) is 18.1 Å². The minimum Gasteiger partial charge on any atom is -0.493 e. The summed E-state index contributed by atoms with van der Waals surface area (Å²) < 4.78 is 37.1. The van der Waals surface area contributed by atoms with Crippen LogP contribution < -0.4 is 14.8 Å². The highest BCUT2D eigenvalue weighted by Gasteiger charge is 2.25. The molecule has 7 nitrogen and oxygen atoms in total. The lowest BCUT2D eigenvalue weighted by molar-refractivity contribution is -0.121. The number of nitrogens with one attached hydrogen (secondary N) is 1. The van der Waals surface area contributed by atoms with Crippen LogP contribution in [0.4, 0.5) is 0 Å². The van der Waals surface area contributed by atoms with Gasteiger partial charge in [-0.2, -0.15) is 4.31 Å². The van der Waals surface area contributed by atoms with Crippen LogP contribution in [0, 0.1) is 6.92 Å². The number of carbonyl (C=O) groups excluding carboxylic acids is 1. The fraction of sp³-hybridized carbons (Fsp3) is 0.350. The summed E-state index contributed by atoms with van der Waals surface area (Å²) >= 11 is 0. The molecule has 0 saturated heterocycles. The number of ether oxygens (including phenoxy) is 2. The summed E-state index contributed by atoms with van der Waals surface area (Å²) in [5, 5.41) is 2.74. The molecule has 0 bridgehead atoms. The van der Waals surface area contributed by atoms with Gasteiger partial charge in [0.1, 0.15) is 0 Å². The van der Waals surface area contributed by atoms with Crippen LogP contribution in [0.25, 0.3) is 0 Å². The zero-order chi connectivity index (χ0) is 20.7. The fourth-order valence-corrected chi connectivity index (χ4v) is 4.04. The third kappa shape index (κ3) is 5.24. The molecule has 2 aromatic rings. The van der Waals surface area contributed by atoms with E-state index in [2.05, 4.69) is 5.32 Å². The highest BCUT2D eigenvalue weighted by molar-refractivity contribution is 7.89. The van der Waals surface area contributed by atoms with Crippen molar-refractivity contribution in [3.63, 3.8) is 0 Å².